The Balaban J connectivity index is 1.56. The summed E-state index contributed by atoms with van der Waals surface area (Å²) in [6.45, 7) is 4.88. The molecule has 0 aliphatic rings. The second kappa shape index (κ2) is 11.1. The highest BCUT2D eigenvalue weighted by Gasteiger charge is 1.97. The van der Waals surface area contributed by atoms with Gasteiger partial charge in [0.05, 0.1) is 6.26 Å². The number of carbonyl (C=O) groups is 1. The summed E-state index contributed by atoms with van der Waals surface area (Å²) in [7, 11) is 0. The molecule has 0 saturated heterocycles. The van der Waals surface area contributed by atoms with Gasteiger partial charge in [-0.25, -0.2) is 0 Å². The molecule has 1 aromatic carbocycles. The van der Waals surface area contributed by atoms with Crippen LogP contribution >= 0.6 is 0 Å². The number of carbonyl (C=O) groups excluding carboxylic acids is 1. The molecule has 2 rings (SSSR count). The Kier molecular flexibility index (Phi) is 8.47. The molecule has 3 heteroatoms. The number of amides is 1. The molecule has 1 N–H and O–H groups in total. The fourth-order valence-electron chi connectivity index (χ4n) is 2.52. The van der Waals surface area contributed by atoms with E-state index in [9.17, 15) is 4.79 Å². The van der Waals surface area contributed by atoms with Crippen LogP contribution in [0.5, 0.6) is 0 Å². The highest BCUT2D eigenvalue weighted by Crippen LogP contribution is 2.17. The number of benzene rings is 1. The van der Waals surface area contributed by atoms with Crippen LogP contribution in [-0.4, -0.2) is 12.5 Å². The molecule has 0 bridgehead atoms. The third-order valence-electron chi connectivity index (χ3n) is 3.96. The van der Waals surface area contributed by atoms with Gasteiger partial charge in [-0.2, -0.15) is 0 Å². The molecule has 0 aliphatic heterocycles. The van der Waals surface area contributed by atoms with Gasteiger partial charge >= 0.3 is 0 Å². The molecule has 0 saturated carbocycles. The summed E-state index contributed by atoms with van der Waals surface area (Å²) >= 11 is 0. The summed E-state index contributed by atoms with van der Waals surface area (Å²) in [5.41, 5.74) is 2.24. The van der Waals surface area contributed by atoms with Crippen molar-refractivity contribution in [3.8, 4) is 0 Å². The minimum atomic E-state index is -0.0279. The third-order valence-corrected chi connectivity index (χ3v) is 3.96. The largest absolute Gasteiger partial charge is 0.464 e. The summed E-state index contributed by atoms with van der Waals surface area (Å²) in [4.78, 5) is 11.5. The topological polar surface area (TPSA) is 42.2 Å². The summed E-state index contributed by atoms with van der Waals surface area (Å²) in [6, 6.07) is 8.31. The van der Waals surface area contributed by atoms with Gasteiger partial charge in [-0.05, 0) is 55.4 Å². The van der Waals surface area contributed by atoms with Gasteiger partial charge in [0.1, 0.15) is 5.58 Å². The van der Waals surface area contributed by atoms with E-state index in [0.717, 1.165) is 43.2 Å². The number of nitrogens with one attached hydrogen (secondary N) is 1. The third kappa shape index (κ3) is 7.56. The predicted molar refractivity (Wildman–Crippen MR) is 109 cm³/mol. The molecule has 0 unspecified atom stereocenters. The predicted octanol–water partition coefficient (Wildman–Crippen LogP) is 5.59. The Labute approximate surface area is 156 Å². The Morgan fingerprint density at radius 2 is 1.96 bits per heavy atom. The van der Waals surface area contributed by atoms with E-state index >= 15 is 0 Å². The van der Waals surface area contributed by atoms with Crippen molar-refractivity contribution in [2.75, 3.05) is 6.54 Å². The number of furan rings is 1. The number of hydrogen-bond acceptors (Lipinski definition) is 2. The molecule has 26 heavy (non-hydrogen) atoms. The monoisotopic (exact) mass is 351 g/mol. The maximum Gasteiger partial charge on any atom is 0.243 e. The molecule has 0 atom stereocenters. The van der Waals surface area contributed by atoms with E-state index in [0.29, 0.717) is 5.92 Å². The minimum Gasteiger partial charge on any atom is -0.464 e. The van der Waals surface area contributed by atoms with Crippen LogP contribution in [0.2, 0.25) is 0 Å². The molecule has 1 aromatic heterocycles. The molecule has 0 fully saturated rings. The smallest absolute Gasteiger partial charge is 0.243 e. The Hall–Kier alpha value is -2.55. The Morgan fingerprint density at radius 1 is 1.12 bits per heavy atom. The number of fused-ring (bicyclic) bond motifs is 1. The summed E-state index contributed by atoms with van der Waals surface area (Å²) in [6.07, 6.45) is 17.8. The van der Waals surface area contributed by atoms with Crippen LogP contribution in [0.1, 0.15) is 38.7 Å². The molecule has 0 radical (unpaired) electrons. The van der Waals surface area contributed by atoms with E-state index in [-0.39, 0.29) is 5.91 Å². The van der Waals surface area contributed by atoms with Gasteiger partial charge in [0.15, 0.2) is 0 Å². The van der Waals surface area contributed by atoms with Crippen molar-refractivity contribution >= 4 is 16.9 Å². The maximum atomic E-state index is 11.5. The number of rotatable bonds is 10. The fourth-order valence-corrected chi connectivity index (χ4v) is 2.52. The van der Waals surface area contributed by atoms with Crippen molar-refractivity contribution in [1.82, 2.24) is 5.32 Å². The van der Waals surface area contributed by atoms with Crippen molar-refractivity contribution in [3.05, 3.63) is 72.5 Å². The number of unbranched alkanes of at least 4 members (excludes halogenated alkanes) is 2. The summed E-state index contributed by atoms with van der Waals surface area (Å²) in [5, 5.41) is 4.01. The molecule has 1 heterocycles. The lowest BCUT2D eigenvalue weighted by molar-refractivity contribution is -0.116. The van der Waals surface area contributed by atoms with Crippen LogP contribution in [-0.2, 0) is 11.2 Å². The molecule has 2 aromatic rings. The lowest BCUT2D eigenvalue weighted by Gasteiger charge is -2.03. The van der Waals surface area contributed by atoms with E-state index in [1.54, 1.807) is 18.4 Å². The highest BCUT2D eigenvalue weighted by atomic mass is 16.3. The lowest BCUT2D eigenvalue weighted by Crippen LogP contribution is -2.25. The molecule has 138 valence electrons. The van der Waals surface area contributed by atoms with Crippen molar-refractivity contribution in [2.24, 2.45) is 5.92 Å². The van der Waals surface area contributed by atoms with Gasteiger partial charge in [-0.3, -0.25) is 4.79 Å². The maximum absolute atomic E-state index is 11.5. The van der Waals surface area contributed by atoms with Gasteiger partial charge in [0.25, 0.3) is 0 Å². The number of allylic oxidation sites excluding steroid dienone is 5. The van der Waals surface area contributed by atoms with Gasteiger partial charge < -0.3 is 9.73 Å². The zero-order valence-corrected chi connectivity index (χ0v) is 15.8. The van der Waals surface area contributed by atoms with E-state index in [1.807, 2.05) is 18.2 Å². The quantitative estimate of drug-likeness (QED) is 0.262. The van der Waals surface area contributed by atoms with E-state index in [1.165, 1.54) is 5.56 Å². The van der Waals surface area contributed by atoms with Gasteiger partial charge in [-0.15, -0.1) is 0 Å². The number of hydrogen-bond donors (Lipinski definition) is 1. The molecule has 3 nitrogen and oxygen atoms in total. The standard InChI is InChI=1S/C23H29NO2/c1-19(2)18-24-23(25)12-10-8-6-4-3-5-7-9-11-20-13-14-22-21(17-20)15-16-26-22/h6-10,12-17,19H,3-5,11,18H2,1-2H3,(H,24,25)/b8-6+,9-7+,12-10+. The normalized spacial score (nSPS) is 12.3. The highest BCUT2D eigenvalue weighted by molar-refractivity contribution is 5.87. The average molecular weight is 351 g/mol. The first-order valence-corrected chi connectivity index (χ1v) is 9.37. The molecule has 0 spiro atoms. The van der Waals surface area contributed by atoms with Gasteiger partial charge in [0.2, 0.25) is 5.91 Å². The fraction of sp³-hybridized carbons (Fsp3) is 0.348. The average Bonchev–Trinajstić information content (AvgIpc) is 3.09. The van der Waals surface area contributed by atoms with Crippen LogP contribution in [0, 0.1) is 5.92 Å². The minimum absolute atomic E-state index is 0.0279. The molecular formula is C23H29NO2. The van der Waals surface area contributed by atoms with Crippen molar-refractivity contribution in [3.63, 3.8) is 0 Å². The van der Waals surface area contributed by atoms with Crippen LogP contribution in [0.4, 0.5) is 0 Å². The van der Waals surface area contributed by atoms with Gasteiger partial charge in [-0.1, -0.05) is 50.3 Å². The van der Waals surface area contributed by atoms with Crippen LogP contribution in [0.25, 0.3) is 11.0 Å². The summed E-state index contributed by atoms with van der Waals surface area (Å²) < 4.78 is 5.35. The summed E-state index contributed by atoms with van der Waals surface area (Å²) in [5.74, 6) is 0.449. The van der Waals surface area contributed by atoms with Gasteiger partial charge in [0, 0.05) is 18.0 Å². The first kappa shape index (κ1) is 19.8. The zero-order chi connectivity index (χ0) is 18.6. The SMILES string of the molecule is CC(C)CNC(=O)/C=C/C=C/CCC/C=C/Cc1ccc2occc2c1. The Morgan fingerprint density at radius 3 is 2.81 bits per heavy atom. The van der Waals surface area contributed by atoms with E-state index in [4.69, 9.17) is 4.42 Å². The Bertz CT molecular complexity index is 765. The second-order valence-corrected chi connectivity index (χ2v) is 6.83. The van der Waals surface area contributed by atoms with Crippen molar-refractivity contribution in [1.29, 1.82) is 0 Å². The zero-order valence-electron chi connectivity index (χ0n) is 15.8. The lowest BCUT2D eigenvalue weighted by atomic mass is 10.1. The first-order valence-electron chi connectivity index (χ1n) is 9.37. The van der Waals surface area contributed by atoms with E-state index in [2.05, 4.69) is 49.5 Å². The van der Waals surface area contributed by atoms with Crippen LogP contribution in [0.15, 0.2) is 71.4 Å². The molecular weight excluding hydrogens is 322 g/mol. The van der Waals surface area contributed by atoms with Crippen molar-refractivity contribution < 1.29 is 9.21 Å². The van der Waals surface area contributed by atoms with E-state index < -0.39 is 0 Å². The second-order valence-electron chi connectivity index (χ2n) is 6.83. The van der Waals surface area contributed by atoms with Crippen LogP contribution < -0.4 is 5.32 Å². The van der Waals surface area contributed by atoms with Crippen molar-refractivity contribution in [2.45, 2.75) is 39.5 Å². The van der Waals surface area contributed by atoms with Crippen LogP contribution in [0.3, 0.4) is 0 Å². The molecule has 0 aliphatic carbocycles. The molecule has 1 amide bonds. The first-order chi connectivity index (χ1) is 12.6.